The minimum atomic E-state index is -0.171. The van der Waals surface area contributed by atoms with Gasteiger partial charge in [-0.2, -0.15) is 0 Å². The lowest BCUT2D eigenvalue weighted by Gasteiger charge is -2.29. The lowest BCUT2D eigenvalue weighted by molar-refractivity contribution is -0.00191. The zero-order valence-corrected chi connectivity index (χ0v) is 8.18. The maximum Gasteiger partial charge on any atom is 0.0772 e. The van der Waals surface area contributed by atoms with E-state index in [9.17, 15) is 0 Å². The van der Waals surface area contributed by atoms with E-state index in [1.54, 1.807) is 7.11 Å². The molecular weight excluding hydrogens is 138 g/mol. The van der Waals surface area contributed by atoms with E-state index < -0.39 is 0 Å². The van der Waals surface area contributed by atoms with Crippen molar-refractivity contribution < 1.29 is 4.74 Å². The zero-order chi connectivity index (χ0) is 8.91. The Morgan fingerprint density at radius 2 is 2.00 bits per heavy atom. The van der Waals surface area contributed by atoms with Crippen LogP contribution in [0.25, 0.3) is 0 Å². The molecule has 0 rings (SSSR count). The highest BCUT2D eigenvalue weighted by Crippen LogP contribution is 2.16. The molecule has 2 nitrogen and oxygen atoms in total. The molecule has 0 aliphatic heterocycles. The fourth-order valence-corrected chi connectivity index (χ4v) is 0.923. The van der Waals surface area contributed by atoms with Crippen LogP contribution in [0.4, 0.5) is 0 Å². The van der Waals surface area contributed by atoms with Crippen LogP contribution in [-0.4, -0.2) is 18.8 Å². The summed E-state index contributed by atoms with van der Waals surface area (Å²) in [7, 11) is 1.71. The van der Waals surface area contributed by atoms with Crippen molar-refractivity contribution in [3.05, 3.63) is 0 Å². The van der Waals surface area contributed by atoms with Crippen LogP contribution in [0.5, 0.6) is 0 Å². The molecule has 0 aromatic rings. The first-order chi connectivity index (χ1) is 5.04. The molecule has 0 spiro atoms. The van der Waals surface area contributed by atoms with Crippen molar-refractivity contribution in [1.82, 2.24) is 0 Å². The van der Waals surface area contributed by atoms with Gasteiger partial charge in [0.2, 0.25) is 0 Å². The molecule has 0 bridgehead atoms. The minimum Gasteiger partial charge on any atom is -0.377 e. The molecule has 0 heterocycles. The number of ether oxygens (including phenoxy) is 1. The summed E-state index contributed by atoms with van der Waals surface area (Å²) in [6.45, 7) is 6.24. The van der Waals surface area contributed by atoms with Crippen molar-refractivity contribution in [1.29, 1.82) is 0 Å². The van der Waals surface area contributed by atoms with Gasteiger partial charge in [-0.15, -0.1) is 0 Å². The van der Waals surface area contributed by atoms with Gasteiger partial charge in [-0.05, 0) is 20.3 Å². The van der Waals surface area contributed by atoms with Crippen LogP contribution in [0, 0.1) is 0 Å². The first-order valence-electron chi connectivity index (χ1n) is 4.35. The van der Waals surface area contributed by atoms with Gasteiger partial charge in [0, 0.05) is 13.2 Å². The predicted molar refractivity (Wildman–Crippen MR) is 48.6 cm³/mol. The van der Waals surface area contributed by atoms with Gasteiger partial charge in [0.1, 0.15) is 0 Å². The van der Waals surface area contributed by atoms with Crippen LogP contribution in [0.1, 0.15) is 40.0 Å². The summed E-state index contributed by atoms with van der Waals surface area (Å²) in [5.74, 6) is 0. The van der Waals surface area contributed by atoms with Crippen molar-refractivity contribution in [3.63, 3.8) is 0 Å². The summed E-state index contributed by atoms with van der Waals surface area (Å²) < 4.78 is 5.27. The fraction of sp³-hybridized carbons (Fsp3) is 1.00. The van der Waals surface area contributed by atoms with Crippen molar-refractivity contribution in [2.75, 3.05) is 7.11 Å². The Morgan fingerprint density at radius 3 is 2.36 bits per heavy atom. The molecule has 1 unspecified atom stereocenters. The van der Waals surface area contributed by atoms with Crippen molar-refractivity contribution in [3.8, 4) is 0 Å². The molecule has 0 radical (unpaired) electrons. The number of unbranched alkanes of at least 4 members (excludes halogenated alkanes) is 1. The Hall–Kier alpha value is -0.0800. The van der Waals surface area contributed by atoms with E-state index in [1.165, 1.54) is 12.8 Å². The van der Waals surface area contributed by atoms with E-state index in [-0.39, 0.29) is 11.6 Å². The third-order valence-corrected chi connectivity index (χ3v) is 2.29. The van der Waals surface area contributed by atoms with Gasteiger partial charge in [-0.1, -0.05) is 19.8 Å². The third kappa shape index (κ3) is 3.73. The number of nitrogens with two attached hydrogens (primary N) is 1. The van der Waals surface area contributed by atoms with Gasteiger partial charge < -0.3 is 10.5 Å². The smallest absolute Gasteiger partial charge is 0.0772 e. The summed E-state index contributed by atoms with van der Waals surface area (Å²) in [6.07, 6.45) is 3.44. The van der Waals surface area contributed by atoms with E-state index in [0.717, 1.165) is 6.42 Å². The Kier molecular flexibility index (Phi) is 4.69. The molecule has 0 aromatic carbocycles. The SMILES string of the molecule is CCCCC(N)C(C)(C)OC. The lowest BCUT2D eigenvalue weighted by Crippen LogP contribution is -2.44. The molecule has 0 saturated carbocycles. The highest BCUT2D eigenvalue weighted by Gasteiger charge is 2.24. The number of rotatable bonds is 5. The third-order valence-electron chi connectivity index (χ3n) is 2.29. The molecule has 0 fully saturated rings. The van der Waals surface area contributed by atoms with Crippen LogP contribution >= 0.6 is 0 Å². The normalized spacial score (nSPS) is 15.0. The average molecular weight is 159 g/mol. The molecule has 1 atom stereocenters. The first-order valence-corrected chi connectivity index (χ1v) is 4.35. The maximum atomic E-state index is 5.92. The quantitative estimate of drug-likeness (QED) is 0.665. The van der Waals surface area contributed by atoms with Crippen LogP contribution in [-0.2, 0) is 4.74 Å². The lowest BCUT2D eigenvalue weighted by atomic mass is 9.95. The predicted octanol–water partition coefficient (Wildman–Crippen LogP) is 1.93. The summed E-state index contributed by atoms with van der Waals surface area (Å²) >= 11 is 0. The van der Waals surface area contributed by atoms with Crippen LogP contribution in [0.3, 0.4) is 0 Å². The number of hydrogen-bond acceptors (Lipinski definition) is 2. The zero-order valence-electron chi connectivity index (χ0n) is 8.18. The monoisotopic (exact) mass is 159 g/mol. The number of methoxy groups -OCH3 is 1. The van der Waals surface area contributed by atoms with Gasteiger partial charge in [-0.3, -0.25) is 0 Å². The Morgan fingerprint density at radius 1 is 1.45 bits per heavy atom. The second kappa shape index (κ2) is 4.73. The van der Waals surface area contributed by atoms with Crippen molar-refractivity contribution >= 4 is 0 Å². The van der Waals surface area contributed by atoms with E-state index in [2.05, 4.69) is 6.92 Å². The molecule has 2 heteroatoms. The molecule has 11 heavy (non-hydrogen) atoms. The fourth-order valence-electron chi connectivity index (χ4n) is 0.923. The summed E-state index contributed by atoms with van der Waals surface area (Å²) in [4.78, 5) is 0. The Bertz CT molecular complexity index is 102. The largest absolute Gasteiger partial charge is 0.377 e. The van der Waals surface area contributed by atoms with Gasteiger partial charge in [0.05, 0.1) is 5.60 Å². The van der Waals surface area contributed by atoms with E-state index in [4.69, 9.17) is 10.5 Å². The standard InChI is InChI=1S/C9H21NO/c1-5-6-7-8(10)9(2,3)11-4/h8H,5-7,10H2,1-4H3. The molecular formula is C9H21NO. The topological polar surface area (TPSA) is 35.2 Å². The molecule has 0 aliphatic rings. The van der Waals surface area contributed by atoms with Crippen LogP contribution < -0.4 is 5.73 Å². The maximum absolute atomic E-state index is 5.92. The van der Waals surface area contributed by atoms with Gasteiger partial charge >= 0.3 is 0 Å². The molecule has 0 amide bonds. The highest BCUT2D eigenvalue weighted by atomic mass is 16.5. The van der Waals surface area contributed by atoms with Gasteiger partial charge in [-0.25, -0.2) is 0 Å². The minimum absolute atomic E-state index is 0.160. The molecule has 2 N–H and O–H groups in total. The van der Waals surface area contributed by atoms with Crippen LogP contribution in [0.2, 0.25) is 0 Å². The second-order valence-electron chi connectivity index (χ2n) is 3.56. The van der Waals surface area contributed by atoms with Gasteiger partial charge in [0.25, 0.3) is 0 Å². The van der Waals surface area contributed by atoms with Crippen molar-refractivity contribution in [2.24, 2.45) is 5.73 Å². The van der Waals surface area contributed by atoms with Crippen molar-refractivity contribution in [2.45, 2.75) is 51.7 Å². The summed E-state index contributed by atoms with van der Waals surface area (Å²) in [5, 5.41) is 0. The Balaban J connectivity index is 3.71. The summed E-state index contributed by atoms with van der Waals surface area (Å²) in [6, 6.07) is 0.160. The molecule has 68 valence electrons. The molecule has 0 saturated heterocycles. The second-order valence-corrected chi connectivity index (χ2v) is 3.56. The van der Waals surface area contributed by atoms with E-state index >= 15 is 0 Å². The highest BCUT2D eigenvalue weighted by molar-refractivity contribution is 4.81. The number of hydrogen-bond donors (Lipinski definition) is 1. The van der Waals surface area contributed by atoms with E-state index in [1.807, 2.05) is 13.8 Å². The van der Waals surface area contributed by atoms with Gasteiger partial charge in [0.15, 0.2) is 0 Å². The molecule has 0 aromatic heterocycles. The van der Waals surface area contributed by atoms with Crippen LogP contribution in [0.15, 0.2) is 0 Å². The Labute approximate surface area is 70.1 Å². The first kappa shape index (κ1) is 10.9. The average Bonchev–Trinajstić information content (AvgIpc) is 2.00. The summed E-state index contributed by atoms with van der Waals surface area (Å²) in [5.41, 5.74) is 5.75. The molecule has 0 aliphatic carbocycles. The van der Waals surface area contributed by atoms with E-state index in [0.29, 0.717) is 0 Å².